The molecule has 0 saturated carbocycles. The van der Waals surface area contributed by atoms with E-state index in [-0.39, 0.29) is 18.0 Å². The molecule has 0 spiro atoms. The molecule has 2 N–H and O–H groups in total. The van der Waals surface area contributed by atoms with Crippen LogP contribution in [0, 0.1) is 0 Å². The Morgan fingerprint density at radius 1 is 1.13 bits per heavy atom. The fourth-order valence-electron chi connectivity index (χ4n) is 1.82. The number of esters is 1. The number of benzene rings is 2. The monoisotopic (exact) mass is 396 g/mol. The first-order valence-electron chi connectivity index (χ1n) is 6.67. The summed E-state index contributed by atoms with van der Waals surface area (Å²) in [5, 5.41) is 5.99. The summed E-state index contributed by atoms with van der Waals surface area (Å²) in [5.41, 5.74) is 1.54. The zero-order chi connectivity index (χ0) is 16.8. The van der Waals surface area contributed by atoms with Crippen molar-refractivity contribution in [2.75, 3.05) is 24.3 Å². The van der Waals surface area contributed by atoms with Gasteiger partial charge in [0.25, 0.3) is 0 Å². The van der Waals surface area contributed by atoms with E-state index < -0.39 is 5.97 Å². The number of hydrogen-bond donors (Lipinski definition) is 2. The van der Waals surface area contributed by atoms with Crippen LogP contribution in [0.15, 0.2) is 46.9 Å². The molecular formula is C16H14BrClN2O3. The van der Waals surface area contributed by atoms with Crippen molar-refractivity contribution in [2.24, 2.45) is 0 Å². The Hall–Kier alpha value is -2.05. The van der Waals surface area contributed by atoms with Crippen LogP contribution in [0.25, 0.3) is 0 Å². The maximum atomic E-state index is 11.9. The second kappa shape index (κ2) is 7.99. The predicted octanol–water partition coefficient (Wildman–Crippen LogP) is 3.94. The van der Waals surface area contributed by atoms with Gasteiger partial charge in [-0.05, 0) is 42.5 Å². The van der Waals surface area contributed by atoms with Crippen molar-refractivity contribution in [3.8, 4) is 0 Å². The molecule has 2 rings (SSSR count). The van der Waals surface area contributed by atoms with Gasteiger partial charge in [0, 0.05) is 15.8 Å². The summed E-state index contributed by atoms with van der Waals surface area (Å²) in [5.74, 6) is -0.736. The Balaban J connectivity index is 1.96. The quantitative estimate of drug-likeness (QED) is 0.750. The van der Waals surface area contributed by atoms with E-state index in [1.807, 2.05) is 12.1 Å². The van der Waals surface area contributed by atoms with Crippen molar-refractivity contribution in [3.63, 3.8) is 0 Å². The zero-order valence-corrected chi connectivity index (χ0v) is 14.6. The molecule has 0 unspecified atom stereocenters. The predicted molar refractivity (Wildman–Crippen MR) is 94.1 cm³/mol. The molecule has 0 aliphatic rings. The largest absolute Gasteiger partial charge is 0.465 e. The Morgan fingerprint density at radius 2 is 1.78 bits per heavy atom. The normalized spacial score (nSPS) is 10.0. The SMILES string of the molecule is COC(=O)c1cc(NCC(=O)Nc2ccc(Br)cc2)ccc1Cl. The van der Waals surface area contributed by atoms with Gasteiger partial charge < -0.3 is 15.4 Å². The minimum Gasteiger partial charge on any atom is -0.465 e. The maximum Gasteiger partial charge on any atom is 0.339 e. The number of carbonyl (C=O) groups excluding carboxylic acids is 2. The molecule has 0 bridgehead atoms. The second-order valence-corrected chi connectivity index (χ2v) is 5.92. The Kier molecular flexibility index (Phi) is 6.01. The molecule has 0 aromatic heterocycles. The van der Waals surface area contributed by atoms with Gasteiger partial charge in [0.2, 0.25) is 5.91 Å². The maximum absolute atomic E-state index is 11.9. The van der Waals surface area contributed by atoms with Gasteiger partial charge in [-0.3, -0.25) is 4.79 Å². The van der Waals surface area contributed by atoms with Crippen LogP contribution in [0.1, 0.15) is 10.4 Å². The molecule has 2 aromatic rings. The molecule has 5 nitrogen and oxygen atoms in total. The van der Waals surface area contributed by atoms with Gasteiger partial charge in [0.1, 0.15) is 0 Å². The summed E-state index contributed by atoms with van der Waals surface area (Å²) in [4.78, 5) is 23.5. The van der Waals surface area contributed by atoms with Crippen LogP contribution in [0.2, 0.25) is 5.02 Å². The fourth-order valence-corrected chi connectivity index (χ4v) is 2.28. The molecule has 0 heterocycles. The number of halogens is 2. The number of rotatable bonds is 5. The third kappa shape index (κ3) is 4.97. The average molecular weight is 398 g/mol. The van der Waals surface area contributed by atoms with Crippen LogP contribution in [0.3, 0.4) is 0 Å². The zero-order valence-electron chi connectivity index (χ0n) is 12.2. The van der Waals surface area contributed by atoms with Crippen LogP contribution >= 0.6 is 27.5 Å². The number of nitrogens with one attached hydrogen (secondary N) is 2. The first kappa shape index (κ1) is 17.3. The Morgan fingerprint density at radius 3 is 2.43 bits per heavy atom. The lowest BCUT2D eigenvalue weighted by molar-refractivity contribution is -0.114. The molecule has 2 aromatic carbocycles. The molecule has 0 aliphatic carbocycles. The molecule has 0 aliphatic heterocycles. The van der Waals surface area contributed by atoms with Gasteiger partial charge in [-0.2, -0.15) is 0 Å². The van der Waals surface area contributed by atoms with Gasteiger partial charge in [-0.1, -0.05) is 27.5 Å². The first-order valence-corrected chi connectivity index (χ1v) is 7.84. The van der Waals surface area contributed by atoms with Crippen molar-refractivity contribution in [1.29, 1.82) is 0 Å². The molecule has 0 saturated heterocycles. The van der Waals surface area contributed by atoms with E-state index >= 15 is 0 Å². The molecule has 0 radical (unpaired) electrons. The van der Waals surface area contributed by atoms with Crippen molar-refractivity contribution < 1.29 is 14.3 Å². The third-order valence-corrected chi connectivity index (χ3v) is 3.81. The molecule has 120 valence electrons. The van der Waals surface area contributed by atoms with Gasteiger partial charge in [-0.15, -0.1) is 0 Å². The lowest BCUT2D eigenvalue weighted by Gasteiger charge is -2.10. The highest BCUT2D eigenvalue weighted by molar-refractivity contribution is 9.10. The lowest BCUT2D eigenvalue weighted by Crippen LogP contribution is -2.21. The number of ether oxygens (including phenoxy) is 1. The van der Waals surface area contributed by atoms with Gasteiger partial charge >= 0.3 is 5.97 Å². The minimum absolute atomic E-state index is 0.0539. The highest BCUT2D eigenvalue weighted by atomic mass is 79.9. The van der Waals surface area contributed by atoms with Gasteiger partial charge in [-0.25, -0.2) is 4.79 Å². The van der Waals surface area contributed by atoms with Crippen LogP contribution in [0.4, 0.5) is 11.4 Å². The van der Waals surface area contributed by atoms with Crippen molar-refractivity contribution in [1.82, 2.24) is 0 Å². The molecular weight excluding hydrogens is 384 g/mol. The number of anilines is 2. The van der Waals surface area contributed by atoms with Crippen LogP contribution < -0.4 is 10.6 Å². The summed E-state index contributed by atoms with van der Waals surface area (Å²) in [7, 11) is 1.28. The summed E-state index contributed by atoms with van der Waals surface area (Å²) in [6, 6.07) is 12.1. The fraction of sp³-hybridized carbons (Fsp3) is 0.125. The van der Waals surface area contributed by atoms with E-state index in [4.69, 9.17) is 11.6 Å². The highest BCUT2D eigenvalue weighted by Gasteiger charge is 2.11. The van der Waals surface area contributed by atoms with Gasteiger partial charge in [0.15, 0.2) is 0 Å². The van der Waals surface area contributed by atoms with Crippen LogP contribution in [-0.4, -0.2) is 25.5 Å². The van der Waals surface area contributed by atoms with Crippen molar-refractivity contribution in [3.05, 3.63) is 57.5 Å². The topological polar surface area (TPSA) is 67.4 Å². The second-order valence-electron chi connectivity index (χ2n) is 4.59. The smallest absolute Gasteiger partial charge is 0.339 e. The summed E-state index contributed by atoms with van der Waals surface area (Å²) in [6.45, 7) is 0.0539. The Labute approximate surface area is 147 Å². The Bertz CT molecular complexity index is 720. The molecule has 7 heteroatoms. The molecule has 23 heavy (non-hydrogen) atoms. The standard InChI is InChI=1S/C16H14BrClN2O3/c1-23-16(22)13-8-12(6-7-14(13)18)19-9-15(21)20-11-4-2-10(17)3-5-11/h2-8,19H,9H2,1H3,(H,20,21). The first-order chi connectivity index (χ1) is 11.0. The summed E-state index contributed by atoms with van der Waals surface area (Å²) >= 11 is 9.27. The molecule has 0 fully saturated rings. The number of methoxy groups -OCH3 is 1. The average Bonchev–Trinajstić information content (AvgIpc) is 2.55. The van der Waals surface area contributed by atoms with Crippen LogP contribution in [0.5, 0.6) is 0 Å². The lowest BCUT2D eigenvalue weighted by atomic mass is 10.2. The minimum atomic E-state index is -0.530. The summed E-state index contributed by atoms with van der Waals surface area (Å²) < 4.78 is 5.59. The van der Waals surface area contributed by atoms with E-state index in [1.165, 1.54) is 7.11 Å². The molecule has 0 atom stereocenters. The third-order valence-electron chi connectivity index (χ3n) is 2.95. The van der Waals surface area contributed by atoms with Gasteiger partial charge in [0.05, 0.1) is 24.2 Å². The number of amides is 1. The van der Waals surface area contributed by atoms with E-state index in [9.17, 15) is 9.59 Å². The van der Waals surface area contributed by atoms with E-state index in [0.29, 0.717) is 16.4 Å². The molecule has 1 amide bonds. The van der Waals surface area contributed by atoms with E-state index in [0.717, 1.165) is 4.47 Å². The van der Waals surface area contributed by atoms with E-state index in [1.54, 1.807) is 30.3 Å². The number of carbonyl (C=O) groups is 2. The van der Waals surface area contributed by atoms with E-state index in [2.05, 4.69) is 31.3 Å². The van der Waals surface area contributed by atoms with Crippen molar-refractivity contribution in [2.45, 2.75) is 0 Å². The number of hydrogen-bond acceptors (Lipinski definition) is 4. The summed E-state index contributed by atoms with van der Waals surface area (Å²) in [6.07, 6.45) is 0. The van der Waals surface area contributed by atoms with Crippen LogP contribution in [-0.2, 0) is 9.53 Å². The van der Waals surface area contributed by atoms with Crippen molar-refractivity contribution >= 4 is 50.8 Å². The highest BCUT2D eigenvalue weighted by Crippen LogP contribution is 2.21.